The first-order valence-corrected chi connectivity index (χ1v) is 6.07. The summed E-state index contributed by atoms with van der Waals surface area (Å²) >= 11 is 1.95. The molecule has 1 aliphatic rings. The molecular weight excluding hydrogens is 192 g/mol. The molecule has 2 heteroatoms. The first-order chi connectivity index (χ1) is 6.92. The van der Waals surface area contributed by atoms with Crippen LogP contribution in [-0.2, 0) is 17.6 Å². The van der Waals surface area contributed by atoms with Gasteiger partial charge in [-0.25, -0.2) is 0 Å². The zero-order valence-electron chi connectivity index (χ0n) is 8.16. The average molecular weight is 206 g/mol. The summed E-state index contributed by atoms with van der Waals surface area (Å²) in [5, 5.41) is 0. The quantitative estimate of drug-likeness (QED) is 0.707. The maximum Gasteiger partial charge on any atom is 0.120 e. The fourth-order valence-corrected chi connectivity index (χ4v) is 3.00. The van der Waals surface area contributed by atoms with Crippen LogP contribution in [0.3, 0.4) is 0 Å². The molecule has 1 heterocycles. The molecule has 0 spiro atoms. The third kappa shape index (κ3) is 2.01. The minimum Gasteiger partial charge on any atom is -0.303 e. The summed E-state index contributed by atoms with van der Waals surface area (Å²) in [5.74, 6) is 1.24. The van der Waals surface area contributed by atoms with Gasteiger partial charge in [0, 0.05) is 11.3 Å². The fourth-order valence-electron chi connectivity index (χ4n) is 1.91. The number of benzene rings is 1. The van der Waals surface area contributed by atoms with E-state index in [1.807, 2.05) is 11.8 Å². The van der Waals surface area contributed by atoms with E-state index in [1.54, 1.807) is 0 Å². The SMILES string of the molecule is O=CCCc1cccc2c1CCCS2. The van der Waals surface area contributed by atoms with Crippen molar-refractivity contribution in [1.82, 2.24) is 0 Å². The third-order valence-corrected chi connectivity index (χ3v) is 3.78. The minimum atomic E-state index is 0.654. The molecule has 0 N–H and O–H groups in total. The second-order valence-corrected chi connectivity index (χ2v) is 4.69. The lowest BCUT2D eigenvalue weighted by Crippen LogP contribution is -2.03. The first-order valence-electron chi connectivity index (χ1n) is 5.09. The Kier molecular flexibility index (Phi) is 3.25. The number of rotatable bonds is 3. The molecule has 1 aromatic carbocycles. The summed E-state index contributed by atoms with van der Waals surface area (Å²) in [6.45, 7) is 0. The fraction of sp³-hybridized carbons (Fsp3) is 0.417. The Labute approximate surface area is 88.9 Å². The predicted octanol–water partition coefficient (Wildman–Crippen LogP) is 2.86. The highest BCUT2D eigenvalue weighted by molar-refractivity contribution is 7.99. The number of aryl methyl sites for hydroxylation is 1. The molecule has 0 radical (unpaired) electrons. The number of carbonyl (C=O) groups is 1. The second kappa shape index (κ2) is 4.65. The standard InChI is InChI=1S/C12H14OS/c13-8-2-5-10-4-1-7-12-11(10)6-3-9-14-12/h1,4,7-8H,2-3,5-6,9H2. The molecule has 0 aromatic heterocycles. The van der Waals surface area contributed by atoms with Crippen LogP contribution in [-0.4, -0.2) is 12.0 Å². The summed E-state index contributed by atoms with van der Waals surface area (Å²) in [5.41, 5.74) is 2.87. The van der Waals surface area contributed by atoms with Crippen molar-refractivity contribution in [2.24, 2.45) is 0 Å². The maximum atomic E-state index is 10.3. The molecule has 1 aliphatic heterocycles. The predicted molar refractivity (Wildman–Crippen MR) is 59.9 cm³/mol. The number of fused-ring (bicyclic) bond motifs is 1. The van der Waals surface area contributed by atoms with Crippen LogP contribution in [0.15, 0.2) is 23.1 Å². The number of hydrogen-bond acceptors (Lipinski definition) is 2. The van der Waals surface area contributed by atoms with Crippen LogP contribution in [0.4, 0.5) is 0 Å². The lowest BCUT2D eigenvalue weighted by atomic mass is 9.99. The van der Waals surface area contributed by atoms with E-state index in [1.165, 1.54) is 34.6 Å². The van der Waals surface area contributed by atoms with Crippen LogP contribution in [0.1, 0.15) is 24.0 Å². The molecule has 0 fully saturated rings. The first kappa shape index (κ1) is 9.78. The van der Waals surface area contributed by atoms with Crippen LogP contribution in [0.2, 0.25) is 0 Å². The summed E-state index contributed by atoms with van der Waals surface area (Å²) in [4.78, 5) is 11.8. The summed E-state index contributed by atoms with van der Waals surface area (Å²) < 4.78 is 0. The highest BCUT2D eigenvalue weighted by Gasteiger charge is 2.12. The molecule has 0 atom stereocenters. The zero-order valence-corrected chi connectivity index (χ0v) is 8.98. The van der Waals surface area contributed by atoms with E-state index in [2.05, 4.69) is 18.2 Å². The van der Waals surface area contributed by atoms with Crippen LogP contribution >= 0.6 is 11.8 Å². The van der Waals surface area contributed by atoms with Gasteiger partial charge >= 0.3 is 0 Å². The Bertz CT molecular complexity index is 333. The lowest BCUT2D eigenvalue weighted by molar-refractivity contribution is -0.107. The summed E-state index contributed by atoms with van der Waals surface area (Å²) in [6.07, 6.45) is 5.04. The molecule has 74 valence electrons. The van der Waals surface area contributed by atoms with E-state index in [0.717, 1.165) is 12.7 Å². The summed E-state index contributed by atoms with van der Waals surface area (Å²) in [6, 6.07) is 6.47. The van der Waals surface area contributed by atoms with Gasteiger partial charge < -0.3 is 4.79 Å². The third-order valence-electron chi connectivity index (χ3n) is 2.59. The van der Waals surface area contributed by atoms with Gasteiger partial charge in [-0.2, -0.15) is 0 Å². The van der Waals surface area contributed by atoms with Gasteiger partial charge in [0.1, 0.15) is 6.29 Å². The zero-order chi connectivity index (χ0) is 9.80. The molecular formula is C12H14OS. The van der Waals surface area contributed by atoms with Gasteiger partial charge in [0.2, 0.25) is 0 Å². The van der Waals surface area contributed by atoms with Gasteiger partial charge in [0.05, 0.1) is 0 Å². The molecule has 0 amide bonds. The Morgan fingerprint density at radius 3 is 3.21 bits per heavy atom. The molecule has 0 unspecified atom stereocenters. The van der Waals surface area contributed by atoms with E-state index < -0.39 is 0 Å². The molecule has 14 heavy (non-hydrogen) atoms. The van der Waals surface area contributed by atoms with Crippen LogP contribution in [0, 0.1) is 0 Å². The number of hydrogen-bond donors (Lipinski definition) is 0. The van der Waals surface area contributed by atoms with Crippen LogP contribution in [0.5, 0.6) is 0 Å². The Balaban J connectivity index is 2.25. The van der Waals surface area contributed by atoms with E-state index in [-0.39, 0.29) is 0 Å². The smallest absolute Gasteiger partial charge is 0.120 e. The maximum absolute atomic E-state index is 10.3. The van der Waals surface area contributed by atoms with E-state index in [0.29, 0.717) is 6.42 Å². The molecule has 2 rings (SSSR count). The highest BCUT2D eigenvalue weighted by Crippen LogP contribution is 2.32. The highest BCUT2D eigenvalue weighted by atomic mass is 32.2. The summed E-state index contributed by atoms with van der Waals surface area (Å²) in [7, 11) is 0. The largest absolute Gasteiger partial charge is 0.303 e. The van der Waals surface area contributed by atoms with Gasteiger partial charge in [0.25, 0.3) is 0 Å². The van der Waals surface area contributed by atoms with Crippen LogP contribution in [0.25, 0.3) is 0 Å². The molecule has 0 saturated carbocycles. The van der Waals surface area contributed by atoms with Gasteiger partial charge in [-0.3, -0.25) is 0 Å². The molecule has 1 nitrogen and oxygen atoms in total. The van der Waals surface area contributed by atoms with Gasteiger partial charge in [-0.05, 0) is 42.2 Å². The number of thioether (sulfide) groups is 1. The number of aldehydes is 1. The average Bonchev–Trinajstić information content (AvgIpc) is 2.26. The van der Waals surface area contributed by atoms with Crippen molar-refractivity contribution in [3.8, 4) is 0 Å². The Hall–Kier alpha value is -0.760. The van der Waals surface area contributed by atoms with Crippen molar-refractivity contribution in [2.75, 3.05) is 5.75 Å². The molecule has 1 aromatic rings. The molecule has 0 saturated heterocycles. The molecule has 0 aliphatic carbocycles. The van der Waals surface area contributed by atoms with Gasteiger partial charge in [-0.1, -0.05) is 12.1 Å². The van der Waals surface area contributed by atoms with Crippen molar-refractivity contribution in [1.29, 1.82) is 0 Å². The van der Waals surface area contributed by atoms with E-state index in [4.69, 9.17) is 0 Å². The lowest BCUT2D eigenvalue weighted by Gasteiger charge is -2.18. The van der Waals surface area contributed by atoms with Crippen molar-refractivity contribution >= 4 is 18.0 Å². The van der Waals surface area contributed by atoms with Crippen molar-refractivity contribution < 1.29 is 4.79 Å². The van der Waals surface area contributed by atoms with Crippen molar-refractivity contribution in [3.63, 3.8) is 0 Å². The second-order valence-electron chi connectivity index (χ2n) is 3.55. The minimum absolute atomic E-state index is 0.654. The van der Waals surface area contributed by atoms with Gasteiger partial charge in [-0.15, -0.1) is 11.8 Å². The van der Waals surface area contributed by atoms with Gasteiger partial charge in [0.15, 0.2) is 0 Å². The van der Waals surface area contributed by atoms with E-state index >= 15 is 0 Å². The Morgan fingerprint density at radius 2 is 2.36 bits per heavy atom. The topological polar surface area (TPSA) is 17.1 Å². The normalized spacial score (nSPS) is 14.9. The Morgan fingerprint density at radius 1 is 1.43 bits per heavy atom. The number of carbonyl (C=O) groups excluding carboxylic acids is 1. The van der Waals surface area contributed by atoms with Crippen molar-refractivity contribution in [3.05, 3.63) is 29.3 Å². The van der Waals surface area contributed by atoms with Crippen LogP contribution < -0.4 is 0 Å². The monoisotopic (exact) mass is 206 g/mol. The van der Waals surface area contributed by atoms with Crippen molar-refractivity contribution in [2.45, 2.75) is 30.6 Å². The van der Waals surface area contributed by atoms with E-state index in [9.17, 15) is 4.79 Å². The molecule has 0 bridgehead atoms.